The molecular weight excluding hydrogens is 607 g/mol. The lowest BCUT2D eigenvalue weighted by Gasteiger charge is -2.25. The molecule has 2 aromatic carbocycles. The van der Waals surface area contributed by atoms with E-state index in [1.807, 2.05) is 24.3 Å². The van der Waals surface area contributed by atoms with Crippen LogP contribution in [0.4, 0.5) is 5.69 Å². The van der Waals surface area contributed by atoms with Gasteiger partial charge in [0, 0.05) is 36.2 Å². The van der Waals surface area contributed by atoms with E-state index in [1.165, 1.54) is 12.0 Å². The van der Waals surface area contributed by atoms with E-state index in [4.69, 9.17) is 0 Å². The Bertz CT molecular complexity index is 1320. The second-order valence-corrected chi connectivity index (χ2v) is 11.6. The maximum Gasteiger partial charge on any atom is 0.266 e. The number of pyridine rings is 1. The highest BCUT2D eigenvalue weighted by molar-refractivity contribution is 7.89. The Morgan fingerprint density at radius 3 is 2.32 bits per heavy atom. The van der Waals surface area contributed by atoms with Gasteiger partial charge in [-0.15, -0.1) is 37.2 Å². The highest BCUT2D eigenvalue weighted by atomic mass is 35.5. The maximum absolute atomic E-state index is 12.7. The number of anilines is 1. The number of aliphatic hydroxyl groups excluding tert-OH is 1. The van der Waals surface area contributed by atoms with Gasteiger partial charge in [0.25, 0.3) is 5.91 Å². The number of hydrogen-bond donors (Lipinski definition) is 4. The number of amides is 1. The molecule has 1 aliphatic rings. The number of aliphatic hydroxyl groups is 1. The summed E-state index contributed by atoms with van der Waals surface area (Å²) in [5, 5.41) is 17.0. The third kappa shape index (κ3) is 11.4. The van der Waals surface area contributed by atoms with Gasteiger partial charge in [0.05, 0.1) is 17.9 Å². The average molecular weight is 646 g/mol. The molecule has 0 unspecified atom stereocenters. The Balaban J connectivity index is 0.00000280. The summed E-state index contributed by atoms with van der Waals surface area (Å²) in [5.41, 5.74) is 4.89. The first-order valence-electron chi connectivity index (χ1n) is 13.1. The molecule has 0 saturated heterocycles. The predicted molar refractivity (Wildman–Crippen MR) is 172 cm³/mol. The Morgan fingerprint density at radius 1 is 1.00 bits per heavy atom. The molecule has 4 rings (SSSR count). The van der Waals surface area contributed by atoms with Crippen LogP contribution in [0.2, 0.25) is 0 Å². The normalized spacial score (nSPS) is 14.0. The van der Waals surface area contributed by atoms with E-state index in [1.54, 1.807) is 18.5 Å². The minimum atomic E-state index is -3.67. The summed E-state index contributed by atoms with van der Waals surface area (Å²) in [5.74, 6) is -0.631. The van der Waals surface area contributed by atoms with Crippen LogP contribution in [0.15, 0.2) is 67.0 Å². The number of halogens is 3. The molecule has 0 spiro atoms. The van der Waals surface area contributed by atoms with E-state index in [9.17, 15) is 18.3 Å². The number of sulfonamides is 1. The minimum Gasteiger partial charge on any atom is -0.387 e. The zero-order valence-electron chi connectivity index (χ0n) is 22.9. The number of carbonyl (C=O) groups excluding carboxylic acids is 1. The fourth-order valence-corrected chi connectivity index (χ4v) is 5.20. The summed E-state index contributed by atoms with van der Waals surface area (Å²) >= 11 is 0. The number of nitrogens with zero attached hydrogens (tertiary/aromatic N) is 1. The van der Waals surface area contributed by atoms with Crippen molar-refractivity contribution in [3.63, 3.8) is 0 Å². The lowest BCUT2D eigenvalue weighted by atomic mass is 9.94. The van der Waals surface area contributed by atoms with Gasteiger partial charge in [0.15, 0.2) is 0 Å². The van der Waals surface area contributed by atoms with Crippen molar-refractivity contribution in [1.82, 2.24) is 15.0 Å². The van der Waals surface area contributed by atoms with E-state index in [2.05, 4.69) is 44.6 Å². The van der Waals surface area contributed by atoms with E-state index in [-0.39, 0.29) is 43.3 Å². The zero-order chi connectivity index (χ0) is 27.0. The van der Waals surface area contributed by atoms with Crippen LogP contribution >= 0.6 is 37.2 Å². The van der Waals surface area contributed by atoms with Gasteiger partial charge >= 0.3 is 0 Å². The fraction of sp³-hybridized carbons (Fsp3) is 0.379. The van der Waals surface area contributed by atoms with Crippen LogP contribution in [-0.4, -0.2) is 49.8 Å². The van der Waals surface area contributed by atoms with E-state index >= 15 is 0 Å². The van der Waals surface area contributed by atoms with Crippen molar-refractivity contribution in [1.29, 1.82) is 0 Å². The zero-order valence-corrected chi connectivity index (χ0v) is 26.2. The fourth-order valence-electron chi connectivity index (χ4n) is 4.76. The summed E-state index contributed by atoms with van der Waals surface area (Å²) in [7, 11) is -3.67. The molecule has 41 heavy (non-hydrogen) atoms. The number of benzene rings is 2. The van der Waals surface area contributed by atoms with E-state index in [0.717, 1.165) is 61.6 Å². The minimum absolute atomic E-state index is 0. The van der Waals surface area contributed by atoms with Crippen LogP contribution in [0.3, 0.4) is 0 Å². The summed E-state index contributed by atoms with van der Waals surface area (Å²) in [6, 6.07) is 17.7. The topological polar surface area (TPSA) is 120 Å². The monoisotopic (exact) mass is 644 g/mol. The molecule has 1 aromatic heterocycles. The average Bonchev–Trinajstić information content (AvgIpc) is 2.91. The van der Waals surface area contributed by atoms with Crippen LogP contribution in [0.5, 0.6) is 0 Å². The molecule has 1 aliphatic carbocycles. The van der Waals surface area contributed by atoms with Gasteiger partial charge in [-0.3, -0.25) is 9.78 Å². The first-order chi connectivity index (χ1) is 18.3. The van der Waals surface area contributed by atoms with Crippen LogP contribution in [0.25, 0.3) is 11.1 Å². The molecule has 0 radical (unpaired) electrons. The SMILES string of the molecule is CS(=O)(=O)NC(=O)c1ccc(-c2ccc(CCNC[C@H](O)c3cccnc3)cc2)cc1NC1CCCCC1.Cl.Cl.Cl. The quantitative estimate of drug-likeness (QED) is 0.209. The molecule has 12 heteroatoms. The van der Waals surface area contributed by atoms with Crippen LogP contribution < -0.4 is 15.4 Å². The van der Waals surface area contributed by atoms with Crippen molar-refractivity contribution in [2.24, 2.45) is 0 Å². The lowest BCUT2D eigenvalue weighted by molar-refractivity contribution is 0.0982. The molecule has 1 fully saturated rings. The highest BCUT2D eigenvalue weighted by Crippen LogP contribution is 2.29. The van der Waals surface area contributed by atoms with Crippen molar-refractivity contribution in [3.05, 3.63) is 83.7 Å². The summed E-state index contributed by atoms with van der Waals surface area (Å²) < 4.78 is 25.4. The molecule has 0 bridgehead atoms. The predicted octanol–water partition coefficient (Wildman–Crippen LogP) is 5.31. The Hall–Kier alpha value is -2.40. The van der Waals surface area contributed by atoms with E-state index < -0.39 is 22.0 Å². The van der Waals surface area contributed by atoms with Crippen LogP contribution in [-0.2, 0) is 16.4 Å². The summed E-state index contributed by atoms with van der Waals surface area (Å²) in [6.45, 7) is 1.19. The van der Waals surface area contributed by atoms with Crippen molar-refractivity contribution in [2.45, 2.75) is 50.7 Å². The first kappa shape index (κ1) is 36.6. The molecule has 4 N–H and O–H groups in total. The molecule has 1 saturated carbocycles. The number of carbonyl (C=O) groups is 1. The van der Waals surface area contributed by atoms with Crippen molar-refractivity contribution in [3.8, 4) is 11.1 Å². The summed E-state index contributed by atoms with van der Waals surface area (Å²) in [4.78, 5) is 16.7. The van der Waals surface area contributed by atoms with Gasteiger partial charge in [-0.2, -0.15) is 0 Å². The first-order valence-corrected chi connectivity index (χ1v) is 15.0. The van der Waals surface area contributed by atoms with Gasteiger partial charge < -0.3 is 15.7 Å². The van der Waals surface area contributed by atoms with Gasteiger partial charge in [-0.05, 0) is 60.7 Å². The maximum atomic E-state index is 12.7. The van der Waals surface area contributed by atoms with Gasteiger partial charge in [-0.25, -0.2) is 13.1 Å². The second kappa shape index (κ2) is 17.5. The molecule has 8 nitrogen and oxygen atoms in total. The molecular formula is C29H39Cl3N4O4S. The largest absolute Gasteiger partial charge is 0.387 e. The molecule has 0 aliphatic heterocycles. The van der Waals surface area contributed by atoms with Crippen molar-refractivity contribution in [2.75, 3.05) is 24.7 Å². The molecule has 1 amide bonds. The second-order valence-electron chi connectivity index (χ2n) is 9.90. The Kier molecular flexibility index (Phi) is 15.7. The lowest BCUT2D eigenvalue weighted by Crippen LogP contribution is -2.31. The summed E-state index contributed by atoms with van der Waals surface area (Å²) in [6.07, 6.45) is 10.1. The number of nitrogens with one attached hydrogen (secondary N) is 3. The molecule has 226 valence electrons. The Morgan fingerprint density at radius 2 is 1.68 bits per heavy atom. The smallest absolute Gasteiger partial charge is 0.266 e. The highest BCUT2D eigenvalue weighted by Gasteiger charge is 2.20. The van der Waals surface area contributed by atoms with Crippen LogP contribution in [0.1, 0.15) is 59.7 Å². The number of rotatable bonds is 11. The molecule has 3 aromatic rings. The number of hydrogen-bond acceptors (Lipinski definition) is 7. The third-order valence-corrected chi connectivity index (χ3v) is 7.35. The van der Waals surface area contributed by atoms with Gasteiger partial charge in [-0.1, -0.05) is 55.7 Å². The molecule has 1 heterocycles. The third-order valence-electron chi connectivity index (χ3n) is 6.79. The van der Waals surface area contributed by atoms with Crippen LogP contribution in [0, 0.1) is 0 Å². The standard InChI is InChI=1S/C29H36N4O4S.3ClH/c1-38(36,37)33-29(35)26-14-13-23(18-27(26)32-25-7-3-2-4-8-25)22-11-9-21(10-12-22)15-17-31-20-28(34)24-6-5-16-30-19-24;;;/h5-6,9-14,16,18-19,25,28,31-32,34H,2-4,7-8,15,17,20H2,1H3,(H,33,35);3*1H/t28-;;;/m0.../s1. The van der Waals surface area contributed by atoms with E-state index in [0.29, 0.717) is 17.8 Å². The molecule has 1 atom stereocenters. The Labute approximate surface area is 261 Å². The van der Waals surface area contributed by atoms with Crippen molar-refractivity contribution >= 4 is 58.8 Å². The number of aromatic nitrogens is 1. The van der Waals surface area contributed by atoms with Gasteiger partial charge in [0.2, 0.25) is 10.0 Å². The van der Waals surface area contributed by atoms with Gasteiger partial charge in [0.1, 0.15) is 0 Å². The van der Waals surface area contributed by atoms with Crippen molar-refractivity contribution < 1.29 is 18.3 Å².